The Morgan fingerprint density at radius 3 is 2.24 bits per heavy atom. The fourth-order valence-corrected chi connectivity index (χ4v) is 5.75. The van der Waals surface area contributed by atoms with Gasteiger partial charge in [-0.05, 0) is 59.4 Å². The Morgan fingerprint density at radius 1 is 0.822 bits per heavy atom. The molecule has 244 valence electrons. The van der Waals surface area contributed by atoms with Crippen molar-refractivity contribution in [3.63, 3.8) is 0 Å². The van der Waals surface area contributed by atoms with Gasteiger partial charge in [0, 0.05) is 44.6 Å². The summed E-state index contributed by atoms with van der Waals surface area (Å²) in [6.45, 7) is 5.26. The van der Waals surface area contributed by atoms with E-state index in [2.05, 4.69) is 59.8 Å². The van der Waals surface area contributed by atoms with E-state index in [4.69, 9.17) is 14.3 Å². The summed E-state index contributed by atoms with van der Waals surface area (Å²) in [5.41, 5.74) is 5.33. The molecule has 1 aliphatic rings. The second-order valence-electron chi connectivity index (χ2n) is 12.2. The molecular weight excluding hydrogens is 564 g/mol. The molecule has 0 radical (unpaired) electrons. The normalized spacial score (nSPS) is 14.9. The van der Waals surface area contributed by atoms with Crippen LogP contribution in [-0.2, 0) is 32.2 Å². The second kappa shape index (κ2) is 20.0. The van der Waals surface area contributed by atoms with Crippen LogP contribution in [0.2, 0.25) is 0 Å². The zero-order valence-electron chi connectivity index (χ0n) is 27.1. The first-order valence-electron chi connectivity index (χ1n) is 17.1. The van der Waals surface area contributed by atoms with Crippen molar-refractivity contribution in [2.75, 3.05) is 19.8 Å². The molecule has 4 rings (SSSR count). The monoisotopic (exact) mass is 616 g/mol. The number of hydroxylamine groups is 1. The van der Waals surface area contributed by atoms with Crippen LogP contribution in [0, 0.1) is 0 Å². The van der Waals surface area contributed by atoms with Crippen molar-refractivity contribution in [1.29, 1.82) is 0 Å². The van der Waals surface area contributed by atoms with Gasteiger partial charge in [-0.2, -0.15) is 0 Å². The van der Waals surface area contributed by atoms with Gasteiger partial charge in [0.15, 0.2) is 6.29 Å². The number of ether oxygens (including phenoxy) is 2. The highest BCUT2D eigenvalue weighted by molar-refractivity contribution is 5.93. The summed E-state index contributed by atoms with van der Waals surface area (Å²) in [6.07, 6.45) is 14.0. The van der Waals surface area contributed by atoms with Gasteiger partial charge in [-0.15, -0.1) is 0 Å². The number of carbonyl (C=O) groups is 2. The highest BCUT2D eigenvalue weighted by atomic mass is 16.8. The minimum absolute atomic E-state index is 0.111. The third kappa shape index (κ3) is 12.9. The van der Waals surface area contributed by atoms with Crippen molar-refractivity contribution in [1.82, 2.24) is 10.4 Å². The molecule has 3 aromatic carbocycles. The summed E-state index contributed by atoms with van der Waals surface area (Å²) >= 11 is 0. The van der Waals surface area contributed by atoms with E-state index in [0.717, 1.165) is 44.2 Å². The number of rotatable bonds is 20. The van der Waals surface area contributed by atoms with E-state index >= 15 is 0 Å². The SMILES string of the molecule is CCCCCCCCCCCC(=O)OCCN(Cc1ccc(C(=O)NOC2CCCCO2)cc1)Cc1ccc2ccccc2c1. The van der Waals surface area contributed by atoms with Gasteiger partial charge >= 0.3 is 5.97 Å². The standard InChI is InChI=1S/C38H52N2O5/c1-2-3-4-5-6-7-8-9-10-17-36(41)43-27-25-40(30-32-21-22-33-15-11-12-16-35(33)28-32)29-31-19-23-34(24-20-31)38(42)39-45-37-18-13-14-26-44-37/h11-12,15-16,19-24,28,37H,2-10,13-14,17-18,25-27,29-30H2,1H3,(H,39,42). The first-order chi connectivity index (χ1) is 22.1. The van der Waals surface area contributed by atoms with Crippen molar-refractivity contribution in [3.8, 4) is 0 Å². The van der Waals surface area contributed by atoms with E-state index in [0.29, 0.717) is 38.3 Å². The summed E-state index contributed by atoms with van der Waals surface area (Å²) in [6, 6.07) is 22.5. The summed E-state index contributed by atoms with van der Waals surface area (Å²) < 4.78 is 11.2. The number of amides is 1. The summed E-state index contributed by atoms with van der Waals surface area (Å²) in [5.74, 6) is -0.401. The lowest BCUT2D eigenvalue weighted by atomic mass is 10.1. The van der Waals surface area contributed by atoms with Crippen LogP contribution in [0.5, 0.6) is 0 Å². The maximum atomic E-state index is 12.6. The molecule has 1 heterocycles. The molecule has 3 aromatic rings. The minimum Gasteiger partial charge on any atom is -0.464 e. The van der Waals surface area contributed by atoms with E-state index in [1.54, 1.807) is 0 Å². The average Bonchev–Trinajstić information content (AvgIpc) is 3.07. The molecule has 0 bridgehead atoms. The predicted octanol–water partition coefficient (Wildman–Crippen LogP) is 8.49. The first-order valence-corrected chi connectivity index (χ1v) is 17.1. The second-order valence-corrected chi connectivity index (χ2v) is 12.2. The van der Waals surface area contributed by atoms with Crippen LogP contribution in [0.3, 0.4) is 0 Å². The largest absolute Gasteiger partial charge is 0.464 e. The number of hydrogen-bond donors (Lipinski definition) is 1. The van der Waals surface area contributed by atoms with Crippen LogP contribution in [0.15, 0.2) is 66.7 Å². The molecule has 45 heavy (non-hydrogen) atoms. The van der Waals surface area contributed by atoms with Crippen LogP contribution in [0.1, 0.15) is 112 Å². The van der Waals surface area contributed by atoms with Crippen molar-refractivity contribution in [3.05, 3.63) is 83.4 Å². The van der Waals surface area contributed by atoms with Crippen LogP contribution in [0.25, 0.3) is 10.8 Å². The molecule has 1 fully saturated rings. The van der Waals surface area contributed by atoms with Crippen molar-refractivity contribution in [2.45, 2.75) is 110 Å². The van der Waals surface area contributed by atoms with Crippen LogP contribution >= 0.6 is 0 Å². The topological polar surface area (TPSA) is 77.1 Å². The Hall–Kier alpha value is -3.26. The first kappa shape index (κ1) is 34.6. The molecule has 0 aliphatic carbocycles. The van der Waals surface area contributed by atoms with Crippen LogP contribution in [-0.4, -0.2) is 42.8 Å². The number of fused-ring (bicyclic) bond motifs is 1. The third-order valence-electron chi connectivity index (χ3n) is 8.42. The highest BCUT2D eigenvalue weighted by Crippen LogP contribution is 2.19. The number of benzene rings is 3. The predicted molar refractivity (Wildman–Crippen MR) is 179 cm³/mol. The fraction of sp³-hybridized carbons (Fsp3) is 0.526. The quantitative estimate of drug-likeness (QED) is 0.0779. The van der Waals surface area contributed by atoms with Crippen molar-refractivity contribution >= 4 is 22.6 Å². The van der Waals surface area contributed by atoms with Gasteiger partial charge in [-0.1, -0.05) is 107 Å². The Morgan fingerprint density at radius 2 is 1.51 bits per heavy atom. The van der Waals surface area contributed by atoms with Gasteiger partial charge in [0.25, 0.3) is 5.91 Å². The average molecular weight is 617 g/mol. The van der Waals surface area contributed by atoms with Crippen molar-refractivity contribution in [2.24, 2.45) is 0 Å². The Kier molecular flexibility index (Phi) is 15.4. The van der Waals surface area contributed by atoms with Crippen molar-refractivity contribution < 1.29 is 23.9 Å². The number of esters is 1. The fourth-order valence-electron chi connectivity index (χ4n) is 5.75. The molecule has 1 aliphatic heterocycles. The van der Waals surface area contributed by atoms with Gasteiger partial charge in [0.1, 0.15) is 6.61 Å². The van der Waals surface area contributed by atoms with Gasteiger partial charge in [0.2, 0.25) is 0 Å². The van der Waals surface area contributed by atoms with E-state index in [-0.39, 0.29) is 18.2 Å². The molecule has 7 nitrogen and oxygen atoms in total. The van der Waals surface area contributed by atoms with E-state index in [1.807, 2.05) is 24.3 Å². The number of nitrogens with one attached hydrogen (secondary N) is 1. The maximum absolute atomic E-state index is 12.6. The zero-order chi connectivity index (χ0) is 31.5. The molecule has 1 saturated heterocycles. The maximum Gasteiger partial charge on any atom is 0.305 e. The van der Waals surface area contributed by atoms with E-state index in [9.17, 15) is 9.59 Å². The smallest absolute Gasteiger partial charge is 0.305 e. The lowest BCUT2D eigenvalue weighted by Crippen LogP contribution is -2.33. The summed E-state index contributed by atoms with van der Waals surface area (Å²) in [4.78, 5) is 32.8. The Bertz CT molecular complexity index is 1290. The molecule has 1 amide bonds. The molecular formula is C38H52N2O5. The summed E-state index contributed by atoms with van der Waals surface area (Å²) in [7, 11) is 0. The molecule has 1 unspecified atom stereocenters. The molecule has 1 N–H and O–H groups in total. The van der Waals surface area contributed by atoms with E-state index < -0.39 is 0 Å². The molecule has 0 aromatic heterocycles. The van der Waals surface area contributed by atoms with Gasteiger partial charge in [-0.3, -0.25) is 14.5 Å². The van der Waals surface area contributed by atoms with Crippen LogP contribution < -0.4 is 5.48 Å². The van der Waals surface area contributed by atoms with Gasteiger partial charge in [-0.25, -0.2) is 10.3 Å². The number of hydrogen-bond acceptors (Lipinski definition) is 6. The zero-order valence-corrected chi connectivity index (χ0v) is 27.1. The van der Waals surface area contributed by atoms with Gasteiger partial charge < -0.3 is 9.47 Å². The molecule has 7 heteroatoms. The number of nitrogens with zero attached hydrogens (tertiary/aromatic N) is 1. The van der Waals surface area contributed by atoms with Crippen LogP contribution in [0.4, 0.5) is 0 Å². The number of carbonyl (C=O) groups excluding carboxylic acids is 2. The lowest BCUT2D eigenvalue weighted by Gasteiger charge is -2.23. The molecule has 0 saturated carbocycles. The van der Waals surface area contributed by atoms with E-state index in [1.165, 1.54) is 61.3 Å². The Labute approximate surface area is 269 Å². The van der Waals surface area contributed by atoms with Gasteiger partial charge in [0.05, 0.1) is 0 Å². The lowest BCUT2D eigenvalue weighted by molar-refractivity contribution is -0.186. The number of unbranched alkanes of at least 4 members (excludes halogenated alkanes) is 8. The third-order valence-corrected chi connectivity index (χ3v) is 8.42. The Balaban J connectivity index is 1.25. The minimum atomic E-state index is -0.384. The summed E-state index contributed by atoms with van der Waals surface area (Å²) in [5, 5.41) is 2.42. The molecule has 0 spiro atoms. The molecule has 1 atom stereocenters. The highest BCUT2D eigenvalue weighted by Gasteiger charge is 2.17.